The van der Waals surface area contributed by atoms with Crippen LogP contribution >= 0.6 is 0 Å². The fourth-order valence-corrected chi connectivity index (χ4v) is 2.38. The number of amides is 1. The molecule has 1 unspecified atom stereocenters. The van der Waals surface area contributed by atoms with E-state index in [4.69, 9.17) is 5.73 Å². The maximum atomic E-state index is 12.2. The topological polar surface area (TPSA) is 83.6 Å². The molecule has 1 aliphatic heterocycles. The Bertz CT molecular complexity index is 332. The predicted octanol–water partition coefficient (Wildman–Crippen LogP) is 1.07. The number of carbonyl (C=O) groups excluding carboxylic acids is 1. The summed E-state index contributed by atoms with van der Waals surface area (Å²) in [5.41, 5.74) is 5.15. The number of likely N-dealkylation sites (tertiary alicyclic amines) is 1. The van der Waals surface area contributed by atoms with Crippen molar-refractivity contribution < 1.29 is 14.7 Å². The Hall–Kier alpha value is -1.10. The van der Waals surface area contributed by atoms with Crippen molar-refractivity contribution in [1.82, 2.24) is 4.90 Å². The number of nitrogens with zero attached hydrogens (tertiary/aromatic N) is 1. The molecule has 3 N–H and O–H groups in total. The van der Waals surface area contributed by atoms with Gasteiger partial charge in [-0.2, -0.15) is 0 Å². The summed E-state index contributed by atoms with van der Waals surface area (Å²) in [6.07, 6.45) is 1.92. The molecule has 0 aromatic heterocycles. The van der Waals surface area contributed by atoms with E-state index in [1.807, 2.05) is 20.8 Å². The third-order valence-electron chi connectivity index (χ3n) is 4.34. The number of rotatable bonds is 5. The second-order valence-corrected chi connectivity index (χ2v) is 5.36. The van der Waals surface area contributed by atoms with Crippen molar-refractivity contribution in [1.29, 1.82) is 0 Å². The first kappa shape index (κ1) is 15.0. The summed E-state index contributed by atoms with van der Waals surface area (Å²) in [5, 5.41) is 9.29. The van der Waals surface area contributed by atoms with E-state index in [0.717, 1.165) is 6.42 Å². The highest BCUT2D eigenvalue weighted by Gasteiger charge is 2.45. The smallest absolute Gasteiger partial charge is 0.311 e. The SMILES string of the molecule is CC[C@H](C)[C@H](N)C(=O)N1CCC(CC)(C(=O)O)C1. The van der Waals surface area contributed by atoms with Crippen LogP contribution < -0.4 is 5.73 Å². The van der Waals surface area contributed by atoms with E-state index in [2.05, 4.69) is 0 Å². The van der Waals surface area contributed by atoms with Crippen LogP contribution in [0.25, 0.3) is 0 Å². The van der Waals surface area contributed by atoms with Gasteiger partial charge >= 0.3 is 5.97 Å². The Kier molecular flexibility index (Phi) is 4.73. The molecule has 18 heavy (non-hydrogen) atoms. The Labute approximate surface area is 108 Å². The molecule has 5 nitrogen and oxygen atoms in total. The lowest BCUT2D eigenvalue weighted by Gasteiger charge is -2.26. The highest BCUT2D eigenvalue weighted by atomic mass is 16.4. The summed E-state index contributed by atoms with van der Waals surface area (Å²) in [6.45, 7) is 6.60. The zero-order chi connectivity index (χ0) is 13.9. The molecule has 0 aromatic carbocycles. The Morgan fingerprint density at radius 2 is 2.06 bits per heavy atom. The van der Waals surface area contributed by atoms with Crippen LogP contribution in [0.4, 0.5) is 0 Å². The fourth-order valence-electron chi connectivity index (χ4n) is 2.38. The van der Waals surface area contributed by atoms with Crippen molar-refractivity contribution >= 4 is 11.9 Å². The molecule has 0 saturated carbocycles. The molecule has 3 atom stereocenters. The number of carboxylic acid groups (broad SMARTS) is 1. The van der Waals surface area contributed by atoms with Crippen molar-refractivity contribution in [3.8, 4) is 0 Å². The molecule has 1 aliphatic rings. The molecule has 0 spiro atoms. The van der Waals surface area contributed by atoms with E-state index in [1.54, 1.807) is 4.90 Å². The normalized spacial score (nSPS) is 27.0. The summed E-state index contributed by atoms with van der Waals surface area (Å²) in [7, 11) is 0. The third kappa shape index (κ3) is 2.66. The molecule has 1 rings (SSSR count). The average Bonchev–Trinajstić information content (AvgIpc) is 2.81. The summed E-state index contributed by atoms with van der Waals surface area (Å²) in [5.74, 6) is -0.794. The maximum Gasteiger partial charge on any atom is 0.311 e. The van der Waals surface area contributed by atoms with Crippen molar-refractivity contribution in [3.63, 3.8) is 0 Å². The lowest BCUT2D eigenvalue weighted by atomic mass is 9.84. The third-order valence-corrected chi connectivity index (χ3v) is 4.34. The van der Waals surface area contributed by atoms with Gasteiger partial charge in [0.25, 0.3) is 0 Å². The number of aliphatic carboxylic acids is 1. The molecule has 104 valence electrons. The van der Waals surface area contributed by atoms with Crippen LogP contribution in [0.5, 0.6) is 0 Å². The molecule has 1 amide bonds. The second kappa shape index (κ2) is 5.69. The minimum atomic E-state index is -0.808. The monoisotopic (exact) mass is 256 g/mol. The molecule has 0 radical (unpaired) electrons. The quantitative estimate of drug-likeness (QED) is 0.770. The van der Waals surface area contributed by atoms with Crippen molar-refractivity contribution in [2.45, 2.75) is 46.1 Å². The van der Waals surface area contributed by atoms with Crippen molar-refractivity contribution in [3.05, 3.63) is 0 Å². The summed E-state index contributed by atoms with van der Waals surface area (Å²) in [6, 6.07) is -0.517. The minimum Gasteiger partial charge on any atom is -0.481 e. The number of hydrogen-bond acceptors (Lipinski definition) is 3. The van der Waals surface area contributed by atoms with Gasteiger partial charge in [0.15, 0.2) is 0 Å². The number of carbonyl (C=O) groups is 2. The first-order valence-electron chi connectivity index (χ1n) is 6.65. The van der Waals surface area contributed by atoms with Gasteiger partial charge in [-0.05, 0) is 18.8 Å². The van der Waals surface area contributed by atoms with Gasteiger partial charge < -0.3 is 15.7 Å². The van der Waals surface area contributed by atoms with Crippen LogP contribution in [0.1, 0.15) is 40.0 Å². The molecular formula is C13H24N2O3. The maximum absolute atomic E-state index is 12.2. The lowest BCUT2D eigenvalue weighted by Crippen LogP contribution is -2.47. The Balaban J connectivity index is 2.72. The van der Waals surface area contributed by atoms with Gasteiger partial charge in [0.1, 0.15) is 0 Å². The van der Waals surface area contributed by atoms with Crippen LogP contribution in [0.3, 0.4) is 0 Å². The van der Waals surface area contributed by atoms with E-state index in [0.29, 0.717) is 25.9 Å². The van der Waals surface area contributed by atoms with E-state index >= 15 is 0 Å². The summed E-state index contributed by atoms with van der Waals surface area (Å²) in [4.78, 5) is 25.1. The number of carboxylic acids is 1. The summed E-state index contributed by atoms with van der Waals surface area (Å²) < 4.78 is 0. The standard InChI is InChI=1S/C13H24N2O3/c1-4-9(3)10(14)11(16)15-7-6-13(5-2,8-15)12(17)18/h9-10H,4-8,14H2,1-3H3,(H,17,18)/t9-,10-,13?/m0/s1. The largest absolute Gasteiger partial charge is 0.481 e. The van der Waals surface area contributed by atoms with E-state index in [-0.39, 0.29) is 11.8 Å². The second-order valence-electron chi connectivity index (χ2n) is 5.36. The molecule has 1 saturated heterocycles. The average molecular weight is 256 g/mol. The van der Waals surface area contributed by atoms with Gasteiger partial charge in [-0.25, -0.2) is 0 Å². The van der Waals surface area contributed by atoms with Gasteiger partial charge in [-0.1, -0.05) is 27.2 Å². The van der Waals surface area contributed by atoms with Gasteiger partial charge in [-0.3, -0.25) is 9.59 Å². The zero-order valence-corrected chi connectivity index (χ0v) is 11.5. The lowest BCUT2D eigenvalue weighted by molar-refractivity contribution is -0.148. The first-order valence-corrected chi connectivity index (χ1v) is 6.65. The van der Waals surface area contributed by atoms with Gasteiger partial charge in [0, 0.05) is 13.1 Å². The van der Waals surface area contributed by atoms with Crippen LogP contribution in [-0.4, -0.2) is 41.0 Å². The molecule has 1 heterocycles. The van der Waals surface area contributed by atoms with Crippen molar-refractivity contribution in [2.75, 3.05) is 13.1 Å². The highest BCUT2D eigenvalue weighted by Crippen LogP contribution is 2.34. The molecule has 0 aliphatic carbocycles. The van der Waals surface area contributed by atoms with Gasteiger partial charge in [0.2, 0.25) is 5.91 Å². The van der Waals surface area contributed by atoms with E-state index in [1.165, 1.54) is 0 Å². The molecular weight excluding hydrogens is 232 g/mol. The van der Waals surface area contributed by atoms with Crippen LogP contribution in [0.15, 0.2) is 0 Å². The van der Waals surface area contributed by atoms with E-state index < -0.39 is 17.4 Å². The number of nitrogens with two attached hydrogens (primary N) is 1. The van der Waals surface area contributed by atoms with Gasteiger partial charge in [-0.15, -0.1) is 0 Å². The first-order chi connectivity index (χ1) is 8.38. The Morgan fingerprint density at radius 1 is 1.44 bits per heavy atom. The van der Waals surface area contributed by atoms with Crippen LogP contribution in [0.2, 0.25) is 0 Å². The number of hydrogen-bond donors (Lipinski definition) is 2. The Morgan fingerprint density at radius 3 is 2.44 bits per heavy atom. The summed E-state index contributed by atoms with van der Waals surface area (Å²) >= 11 is 0. The molecule has 5 heteroatoms. The minimum absolute atomic E-state index is 0.110. The van der Waals surface area contributed by atoms with Gasteiger partial charge in [0.05, 0.1) is 11.5 Å². The molecule has 0 aromatic rings. The molecule has 0 bridgehead atoms. The van der Waals surface area contributed by atoms with Crippen molar-refractivity contribution in [2.24, 2.45) is 17.1 Å². The highest BCUT2D eigenvalue weighted by molar-refractivity contribution is 5.84. The van der Waals surface area contributed by atoms with Crippen LogP contribution in [-0.2, 0) is 9.59 Å². The fraction of sp³-hybridized carbons (Fsp3) is 0.846. The predicted molar refractivity (Wildman–Crippen MR) is 69.0 cm³/mol. The molecule has 1 fully saturated rings. The zero-order valence-electron chi connectivity index (χ0n) is 11.5. The van der Waals surface area contributed by atoms with E-state index in [9.17, 15) is 14.7 Å². The van der Waals surface area contributed by atoms with Crippen LogP contribution in [0, 0.1) is 11.3 Å².